The largest absolute Gasteiger partial charge is 0.423 e. The lowest BCUT2D eigenvalue weighted by molar-refractivity contribution is -0.153. The number of imide groups is 1. The number of fused-ring (bicyclic) bond motifs is 1. The van der Waals surface area contributed by atoms with E-state index in [1.165, 1.54) is 4.90 Å². The summed E-state index contributed by atoms with van der Waals surface area (Å²) in [6.07, 6.45) is 7.24. The smallest absolute Gasteiger partial charge is 0.335 e. The Morgan fingerprint density at radius 2 is 1.60 bits per heavy atom. The molecule has 0 N–H and O–H groups in total. The maximum Gasteiger partial charge on any atom is 0.335 e. The summed E-state index contributed by atoms with van der Waals surface area (Å²) in [6.45, 7) is 0. The van der Waals surface area contributed by atoms with E-state index < -0.39 is 12.0 Å². The first kappa shape index (κ1) is 20.6. The molecular formula is C29H24N2O4. The molecule has 4 aliphatic carbocycles. The zero-order chi connectivity index (χ0) is 23.7. The van der Waals surface area contributed by atoms with Crippen LogP contribution in [0.3, 0.4) is 0 Å². The minimum absolute atomic E-state index is 0.104. The SMILES string of the molecule is O=C(Oc1cccc2cccnc12)[C@@H](Cc1ccccc1)N1C(=O)[C@@H]2[C@@H]3C=C[C@H]([C@H]4C[C@@H]34)[C@@H]2C1=O. The summed E-state index contributed by atoms with van der Waals surface area (Å²) in [5, 5.41) is 0.846. The first-order chi connectivity index (χ1) is 17.1. The third-order valence-electron chi connectivity index (χ3n) is 8.36. The average molecular weight is 465 g/mol. The van der Waals surface area contributed by atoms with Crippen LogP contribution in [0.15, 0.2) is 79.0 Å². The van der Waals surface area contributed by atoms with Gasteiger partial charge in [-0.1, -0.05) is 60.7 Å². The van der Waals surface area contributed by atoms with Gasteiger partial charge in [0.1, 0.15) is 11.6 Å². The number of likely N-dealkylation sites (tertiary alicyclic amines) is 1. The van der Waals surface area contributed by atoms with Crippen molar-refractivity contribution in [3.05, 3.63) is 84.6 Å². The fourth-order valence-electron chi connectivity index (χ4n) is 6.74. The third-order valence-corrected chi connectivity index (χ3v) is 8.36. The van der Waals surface area contributed by atoms with Gasteiger partial charge in [0.15, 0.2) is 5.75 Å². The first-order valence-electron chi connectivity index (χ1n) is 12.3. The Kier molecular flexibility index (Phi) is 4.47. The van der Waals surface area contributed by atoms with Gasteiger partial charge in [0, 0.05) is 18.0 Å². The van der Waals surface area contributed by atoms with E-state index >= 15 is 0 Å². The molecule has 174 valence electrons. The maximum absolute atomic E-state index is 13.8. The van der Waals surface area contributed by atoms with Crippen molar-refractivity contribution in [1.82, 2.24) is 9.88 Å². The number of pyridine rings is 1. The molecule has 2 heterocycles. The van der Waals surface area contributed by atoms with Gasteiger partial charge in [0.25, 0.3) is 0 Å². The standard InChI is InChI=1S/C29H24N2O4/c32-27-24-18-11-12-19(21-15-20(18)21)25(24)28(33)31(27)22(14-16-6-2-1-3-7-16)29(34)35-23-10-4-8-17-9-5-13-30-26(17)23/h1-13,18-22,24-25H,14-15H2/t18-,19-,20-,21+,22-,24+,25-/m1/s1. The van der Waals surface area contributed by atoms with Crippen LogP contribution >= 0.6 is 0 Å². The quantitative estimate of drug-likeness (QED) is 0.248. The van der Waals surface area contributed by atoms with E-state index in [2.05, 4.69) is 17.1 Å². The average Bonchev–Trinajstić information content (AvgIpc) is 3.67. The molecule has 2 bridgehead atoms. The van der Waals surface area contributed by atoms with E-state index in [1.807, 2.05) is 48.5 Å². The number of allylic oxidation sites excluding steroid dienone is 2. The van der Waals surface area contributed by atoms with E-state index in [-0.39, 0.29) is 41.9 Å². The highest BCUT2D eigenvalue weighted by Gasteiger charge is 2.68. The van der Waals surface area contributed by atoms with Crippen molar-refractivity contribution >= 4 is 28.7 Å². The minimum atomic E-state index is -1.03. The molecule has 3 aromatic rings. The molecule has 2 amide bonds. The van der Waals surface area contributed by atoms with Crippen molar-refractivity contribution in [2.45, 2.75) is 18.9 Å². The van der Waals surface area contributed by atoms with Crippen molar-refractivity contribution in [3.63, 3.8) is 0 Å². The van der Waals surface area contributed by atoms with Crippen LogP contribution in [0.5, 0.6) is 5.75 Å². The number of carbonyl (C=O) groups excluding carboxylic acids is 3. The van der Waals surface area contributed by atoms with Gasteiger partial charge < -0.3 is 4.74 Å². The number of hydrogen-bond donors (Lipinski definition) is 0. The molecule has 3 fully saturated rings. The van der Waals surface area contributed by atoms with Crippen LogP contribution in [0.1, 0.15) is 12.0 Å². The summed E-state index contributed by atoms with van der Waals surface area (Å²) in [5.41, 5.74) is 1.43. The molecule has 0 radical (unpaired) electrons. The lowest BCUT2D eigenvalue weighted by Gasteiger charge is -2.37. The predicted molar refractivity (Wildman–Crippen MR) is 128 cm³/mol. The normalized spacial score (nSPS) is 30.8. The maximum atomic E-state index is 13.8. The van der Waals surface area contributed by atoms with Gasteiger partial charge in [-0.15, -0.1) is 0 Å². The molecule has 2 aromatic carbocycles. The Morgan fingerprint density at radius 3 is 2.31 bits per heavy atom. The van der Waals surface area contributed by atoms with E-state index in [0.29, 0.717) is 23.1 Å². The number of para-hydroxylation sites is 1. The summed E-state index contributed by atoms with van der Waals surface area (Å²) in [6, 6.07) is 17.6. The number of carbonyl (C=O) groups is 3. The van der Waals surface area contributed by atoms with Gasteiger partial charge in [-0.05, 0) is 47.8 Å². The number of nitrogens with zero attached hydrogens (tertiary/aromatic N) is 2. The summed E-state index contributed by atoms with van der Waals surface area (Å²) < 4.78 is 5.86. The zero-order valence-electron chi connectivity index (χ0n) is 19.0. The lowest BCUT2D eigenvalue weighted by Crippen LogP contribution is -2.48. The Labute approximate surface area is 202 Å². The summed E-state index contributed by atoms with van der Waals surface area (Å²) in [4.78, 5) is 46.8. The summed E-state index contributed by atoms with van der Waals surface area (Å²) >= 11 is 0. The van der Waals surface area contributed by atoms with E-state index in [0.717, 1.165) is 17.4 Å². The van der Waals surface area contributed by atoms with Crippen LogP contribution in [0.4, 0.5) is 0 Å². The Morgan fingerprint density at radius 1 is 0.914 bits per heavy atom. The fourth-order valence-corrected chi connectivity index (χ4v) is 6.74. The molecule has 35 heavy (non-hydrogen) atoms. The first-order valence-corrected chi connectivity index (χ1v) is 12.3. The predicted octanol–water partition coefficient (Wildman–Crippen LogP) is 3.80. The van der Waals surface area contributed by atoms with Crippen LogP contribution in [0.25, 0.3) is 10.9 Å². The van der Waals surface area contributed by atoms with Crippen LogP contribution in [0, 0.1) is 35.5 Å². The molecule has 5 aliphatic rings. The monoisotopic (exact) mass is 464 g/mol. The highest BCUT2D eigenvalue weighted by atomic mass is 16.5. The minimum Gasteiger partial charge on any atom is -0.423 e. The number of hydrogen-bond acceptors (Lipinski definition) is 5. The number of esters is 1. The molecule has 1 aromatic heterocycles. The molecule has 0 spiro atoms. The molecule has 1 aliphatic heterocycles. The number of benzene rings is 2. The highest BCUT2D eigenvalue weighted by molar-refractivity contribution is 6.09. The zero-order valence-corrected chi connectivity index (χ0v) is 19.0. The molecule has 0 unspecified atom stereocenters. The highest BCUT2D eigenvalue weighted by Crippen LogP contribution is 2.65. The number of aromatic nitrogens is 1. The second-order valence-electron chi connectivity index (χ2n) is 10.2. The van der Waals surface area contributed by atoms with Crippen LogP contribution < -0.4 is 4.74 Å². The van der Waals surface area contributed by atoms with Gasteiger partial charge in [0.05, 0.1) is 11.8 Å². The Hall–Kier alpha value is -3.80. The van der Waals surface area contributed by atoms with Crippen molar-refractivity contribution in [2.75, 3.05) is 0 Å². The number of amides is 2. The molecule has 7 atom stereocenters. The van der Waals surface area contributed by atoms with Crippen molar-refractivity contribution in [1.29, 1.82) is 0 Å². The van der Waals surface area contributed by atoms with Crippen molar-refractivity contribution in [2.24, 2.45) is 35.5 Å². The second-order valence-corrected chi connectivity index (χ2v) is 10.2. The van der Waals surface area contributed by atoms with E-state index in [4.69, 9.17) is 4.74 Å². The molecule has 6 heteroatoms. The second kappa shape index (κ2) is 7.60. The Balaban J connectivity index is 1.25. The van der Waals surface area contributed by atoms with Crippen LogP contribution in [-0.2, 0) is 20.8 Å². The van der Waals surface area contributed by atoms with Gasteiger partial charge in [0.2, 0.25) is 11.8 Å². The molecule has 1 saturated heterocycles. The topological polar surface area (TPSA) is 76.6 Å². The summed E-state index contributed by atoms with van der Waals surface area (Å²) in [7, 11) is 0. The molecule has 8 rings (SSSR count). The van der Waals surface area contributed by atoms with Gasteiger partial charge in [-0.3, -0.25) is 19.5 Å². The van der Waals surface area contributed by atoms with Crippen LogP contribution in [-0.4, -0.2) is 33.7 Å². The van der Waals surface area contributed by atoms with Crippen molar-refractivity contribution in [3.8, 4) is 5.75 Å². The van der Waals surface area contributed by atoms with Gasteiger partial charge in [-0.25, -0.2) is 4.79 Å². The van der Waals surface area contributed by atoms with Gasteiger partial charge in [-0.2, -0.15) is 0 Å². The lowest BCUT2D eigenvalue weighted by atomic mass is 9.63. The summed E-state index contributed by atoms with van der Waals surface area (Å²) in [5.74, 6) is -0.230. The molecule has 2 saturated carbocycles. The molecule has 6 nitrogen and oxygen atoms in total. The third kappa shape index (κ3) is 3.09. The van der Waals surface area contributed by atoms with Gasteiger partial charge >= 0.3 is 5.97 Å². The fraction of sp³-hybridized carbons (Fsp3) is 0.310. The number of rotatable bonds is 5. The number of ether oxygens (including phenoxy) is 1. The molecular weight excluding hydrogens is 440 g/mol. The Bertz CT molecular complexity index is 1360. The van der Waals surface area contributed by atoms with E-state index in [1.54, 1.807) is 18.3 Å². The van der Waals surface area contributed by atoms with E-state index in [9.17, 15) is 14.4 Å². The van der Waals surface area contributed by atoms with Crippen molar-refractivity contribution < 1.29 is 19.1 Å². The van der Waals surface area contributed by atoms with Crippen LogP contribution in [0.2, 0.25) is 0 Å².